The molecule has 0 fully saturated rings. The van der Waals surface area contributed by atoms with Crippen LogP contribution in [-0.4, -0.2) is 33.2 Å². The van der Waals surface area contributed by atoms with Crippen LogP contribution in [0.15, 0.2) is 77.7 Å². The van der Waals surface area contributed by atoms with E-state index in [-0.39, 0.29) is 23.2 Å². The molecule has 3 rings (SSSR count). The lowest BCUT2D eigenvalue weighted by Gasteiger charge is -2.26. The van der Waals surface area contributed by atoms with E-state index in [1.54, 1.807) is 54.2 Å². The second kappa shape index (κ2) is 12.0. The number of carbonyl (C=O) groups excluding carboxylic acids is 1. The molecule has 3 aromatic rings. The Morgan fingerprint density at radius 2 is 1.68 bits per heavy atom. The summed E-state index contributed by atoms with van der Waals surface area (Å²) < 4.78 is 41.7. The molecule has 0 aromatic heterocycles. The van der Waals surface area contributed by atoms with Gasteiger partial charge in [-0.3, -0.25) is 9.10 Å². The first kappa shape index (κ1) is 25.8. The Hall–Kier alpha value is -2.84. The van der Waals surface area contributed by atoms with Crippen molar-refractivity contribution in [3.05, 3.63) is 95.3 Å². The van der Waals surface area contributed by atoms with Crippen molar-refractivity contribution >= 4 is 33.4 Å². The zero-order valence-electron chi connectivity index (χ0n) is 19.3. The molecule has 0 saturated carbocycles. The van der Waals surface area contributed by atoms with Gasteiger partial charge in [-0.25, -0.2) is 12.8 Å². The molecular formula is C26H29FN2O3S2. The normalized spacial score (nSPS) is 11.3. The van der Waals surface area contributed by atoms with Gasteiger partial charge in [0, 0.05) is 12.3 Å². The molecule has 0 bridgehead atoms. The second-order valence-electron chi connectivity index (χ2n) is 7.89. The molecule has 0 heterocycles. The molecule has 0 radical (unpaired) electrons. The average Bonchev–Trinajstić information content (AvgIpc) is 2.83. The predicted molar refractivity (Wildman–Crippen MR) is 137 cm³/mol. The summed E-state index contributed by atoms with van der Waals surface area (Å²) in [4.78, 5) is 12.9. The maximum atomic E-state index is 13.7. The minimum Gasteiger partial charge on any atom is -0.354 e. The van der Waals surface area contributed by atoms with Crippen molar-refractivity contribution in [3.63, 3.8) is 0 Å². The number of sulfonamides is 1. The van der Waals surface area contributed by atoms with Crippen molar-refractivity contribution in [2.45, 2.75) is 30.9 Å². The predicted octanol–water partition coefficient (Wildman–Crippen LogP) is 5.08. The summed E-state index contributed by atoms with van der Waals surface area (Å²) in [7, 11) is -3.93. The molecular weight excluding hydrogens is 471 g/mol. The number of nitrogens with zero attached hydrogens (tertiary/aromatic N) is 1. The minimum absolute atomic E-state index is 0.133. The maximum absolute atomic E-state index is 13.7. The lowest BCUT2D eigenvalue weighted by Crippen LogP contribution is -2.41. The Bertz CT molecular complexity index is 1220. The third-order valence-electron chi connectivity index (χ3n) is 5.47. The zero-order valence-corrected chi connectivity index (χ0v) is 21.0. The number of hydrogen-bond donors (Lipinski definition) is 1. The second-order valence-corrected chi connectivity index (χ2v) is 10.9. The quantitative estimate of drug-likeness (QED) is 0.373. The van der Waals surface area contributed by atoms with E-state index in [0.717, 1.165) is 16.9 Å². The number of hydrogen-bond acceptors (Lipinski definition) is 4. The van der Waals surface area contributed by atoms with Gasteiger partial charge in [-0.2, -0.15) is 11.8 Å². The molecule has 8 heteroatoms. The monoisotopic (exact) mass is 500 g/mol. The molecule has 0 saturated heterocycles. The number of carbonyl (C=O) groups is 1. The molecule has 0 aliphatic carbocycles. The highest BCUT2D eigenvalue weighted by molar-refractivity contribution is 7.98. The fraction of sp³-hybridized carbons (Fsp3) is 0.269. The van der Waals surface area contributed by atoms with Crippen molar-refractivity contribution in [1.82, 2.24) is 5.32 Å². The summed E-state index contributed by atoms with van der Waals surface area (Å²) in [5.41, 5.74) is 2.89. The number of nitrogens with one attached hydrogen (secondary N) is 1. The lowest BCUT2D eigenvalue weighted by atomic mass is 10.1. The van der Waals surface area contributed by atoms with Crippen molar-refractivity contribution in [2.24, 2.45) is 0 Å². The number of thioether (sulfide) groups is 1. The van der Waals surface area contributed by atoms with Gasteiger partial charge < -0.3 is 5.32 Å². The number of anilines is 1. The third-order valence-corrected chi connectivity index (χ3v) is 8.33. The first-order chi connectivity index (χ1) is 16.3. The van der Waals surface area contributed by atoms with Crippen LogP contribution in [0.1, 0.15) is 23.1 Å². The summed E-state index contributed by atoms with van der Waals surface area (Å²) in [6.07, 6.45) is 0.694. The van der Waals surface area contributed by atoms with Gasteiger partial charge in [0.05, 0.1) is 10.6 Å². The van der Waals surface area contributed by atoms with E-state index >= 15 is 0 Å². The van der Waals surface area contributed by atoms with Crippen molar-refractivity contribution < 1.29 is 17.6 Å². The van der Waals surface area contributed by atoms with E-state index in [0.29, 0.717) is 30.0 Å². The first-order valence-electron chi connectivity index (χ1n) is 11.0. The van der Waals surface area contributed by atoms with Crippen LogP contribution in [0.5, 0.6) is 0 Å². The van der Waals surface area contributed by atoms with Gasteiger partial charge in [0.25, 0.3) is 10.0 Å². The van der Waals surface area contributed by atoms with E-state index in [4.69, 9.17) is 0 Å². The van der Waals surface area contributed by atoms with Crippen LogP contribution in [0.25, 0.3) is 0 Å². The molecule has 0 spiro atoms. The van der Waals surface area contributed by atoms with E-state index in [1.807, 2.05) is 26.0 Å². The van der Waals surface area contributed by atoms with Crippen LogP contribution in [-0.2, 0) is 20.6 Å². The third kappa shape index (κ3) is 6.61. The van der Waals surface area contributed by atoms with Crippen LogP contribution in [0.3, 0.4) is 0 Å². The molecule has 180 valence electrons. The zero-order chi connectivity index (χ0) is 24.6. The van der Waals surface area contributed by atoms with Gasteiger partial charge in [0.1, 0.15) is 12.4 Å². The standard InChI is InChI=1S/C26H29FN2O3S2/c1-20-10-8-15-25(21(20)2)29(34(31,32)23-12-4-3-5-13-23)18-26(30)28-16-9-17-33-19-22-11-6-7-14-24(22)27/h3-8,10-15H,9,16-19H2,1-2H3,(H,28,30). The molecule has 34 heavy (non-hydrogen) atoms. The number of aryl methyl sites for hydroxylation is 1. The Labute approximate surface area is 205 Å². The Kier molecular flexibility index (Phi) is 9.12. The van der Waals surface area contributed by atoms with Crippen LogP contribution in [0.2, 0.25) is 0 Å². The van der Waals surface area contributed by atoms with Gasteiger partial charge in [-0.15, -0.1) is 0 Å². The van der Waals surface area contributed by atoms with Gasteiger partial charge >= 0.3 is 0 Å². The summed E-state index contributed by atoms with van der Waals surface area (Å²) in [5.74, 6) is 0.725. The number of halogens is 1. The summed E-state index contributed by atoms with van der Waals surface area (Å²) >= 11 is 1.59. The van der Waals surface area contributed by atoms with Gasteiger partial charge in [0.2, 0.25) is 5.91 Å². The molecule has 3 aromatic carbocycles. The highest BCUT2D eigenvalue weighted by Crippen LogP contribution is 2.28. The minimum atomic E-state index is -3.93. The largest absolute Gasteiger partial charge is 0.354 e. The van der Waals surface area contributed by atoms with E-state index < -0.39 is 10.0 Å². The highest BCUT2D eigenvalue weighted by Gasteiger charge is 2.28. The van der Waals surface area contributed by atoms with E-state index in [1.165, 1.54) is 22.5 Å². The number of amides is 1. The molecule has 0 aliphatic rings. The maximum Gasteiger partial charge on any atom is 0.264 e. The molecule has 1 amide bonds. The molecule has 5 nitrogen and oxygen atoms in total. The Balaban J connectivity index is 1.62. The fourth-order valence-electron chi connectivity index (χ4n) is 3.41. The molecule has 0 atom stereocenters. The van der Waals surface area contributed by atoms with E-state index in [2.05, 4.69) is 5.32 Å². The lowest BCUT2D eigenvalue weighted by molar-refractivity contribution is -0.119. The summed E-state index contributed by atoms with van der Waals surface area (Å²) in [6, 6.07) is 20.2. The summed E-state index contributed by atoms with van der Waals surface area (Å²) in [6.45, 7) is 3.85. The molecule has 0 unspecified atom stereocenters. The van der Waals surface area contributed by atoms with E-state index in [9.17, 15) is 17.6 Å². The molecule has 0 aliphatic heterocycles. The smallest absolute Gasteiger partial charge is 0.264 e. The topological polar surface area (TPSA) is 66.5 Å². The van der Waals surface area contributed by atoms with Gasteiger partial charge in [-0.05, 0) is 67.0 Å². The van der Waals surface area contributed by atoms with Gasteiger partial charge in [-0.1, -0.05) is 48.5 Å². The Morgan fingerprint density at radius 3 is 2.41 bits per heavy atom. The fourth-order valence-corrected chi connectivity index (χ4v) is 5.86. The van der Waals surface area contributed by atoms with Crippen LogP contribution in [0, 0.1) is 19.7 Å². The van der Waals surface area contributed by atoms with Crippen LogP contribution >= 0.6 is 11.8 Å². The van der Waals surface area contributed by atoms with Crippen molar-refractivity contribution in [2.75, 3.05) is 23.1 Å². The van der Waals surface area contributed by atoms with Crippen molar-refractivity contribution in [3.8, 4) is 0 Å². The van der Waals surface area contributed by atoms with Crippen LogP contribution in [0.4, 0.5) is 10.1 Å². The average molecular weight is 501 g/mol. The Morgan fingerprint density at radius 1 is 0.971 bits per heavy atom. The van der Waals surface area contributed by atoms with Crippen molar-refractivity contribution in [1.29, 1.82) is 0 Å². The first-order valence-corrected chi connectivity index (χ1v) is 13.6. The van der Waals surface area contributed by atoms with Gasteiger partial charge in [0.15, 0.2) is 0 Å². The SMILES string of the molecule is Cc1cccc(N(CC(=O)NCCCSCc2ccccc2F)S(=O)(=O)c2ccccc2)c1C. The number of benzene rings is 3. The number of rotatable bonds is 11. The highest BCUT2D eigenvalue weighted by atomic mass is 32.2. The summed E-state index contributed by atoms with van der Waals surface area (Å²) in [5, 5.41) is 2.82. The van der Waals surface area contributed by atoms with Crippen LogP contribution < -0.4 is 9.62 Å². The molecule has 1 N–H and O–H groups in total.